The van der Waals surface area contributed by atoms with Crippen molar-refractivity contribution in [3.05, 3.63) is 142 Å². The Kier molecular flexibility index (Phi) is 2.92. The zero-order chi connectivity index (χ0) is 20.1. The van der Waals surface area contributed by atoms with E-state index in [0.29, 0.717) is 0 Å². The summed E-state index contributed by atoms with van der Waals surface area (Å²) in [6.45, 7) is 0. The third-order valence-corrected chi connectivity index (χ3v) is 7.57. The van der Waals surface area contributed by atoms with Crippen molar-refractivity contribution in [1.29, 1.82) is 0 Å². The normalized spacial score (nSPS) is 29.3. The molecule has 6 aliphatic rings. The first-order chi connectivity index (χ1) is 14.7. The highest BCUT2D eigenvalue weighted by atomic mass is 16.3. The minimum atomic E-state index is -1.27. The zero-order valence-electron chi connectivity index (χ0n) is 16.3. The molecule has 0 spiro atoms. The molecule has 2 N–H and O–H groups in total. The lowest BCUT2D eigenvalue weighted by Gasteiger charge is -2.57. The van der Waals surface area contributed by atoms with Gasteiger partial charge in [0.05, 0.1) is 0 Å². The van der Waals surface area contributed by atoms with Crippen molar-refractivity contribution in [3.8, 4) is 0 Å². The number of rotatable bonds is 0. The Morgan fingerprint density at radius 1 is 0.400 bits per heavy atom. The second kappa shape index (κ2) is 5.28. The van der Waals surface area contributed by atoms with Crippen molar-refractivity contribution >= 4 is 0 Å². The minimum absolute atomic E-state index is 0.242. The third kappa shape index (κ3) is 1.63. The molecule has 4 bridgehead atoms. The molecule has 0 saturated heterocycles. The molecule has 0 saturated carbocycles. The van der Waals surface area contributed by atoms with Crippen LogP contribution in [0.4, 0.5) is 0 Å². The summed E-state index contributed by atoms with van der Waals surface area (Å²) in [4.78, 5) is 0. The van der Waals surface area contributed by atoms with Crippen LogP contribution in [0.5, 0.6) is 0 Å². The first kappa shape index (κ1) is 16.6. The van der Waals surface area contributed by atoms with Gasteiger partial charge in [0.15, 0.2) is 0 Å². The molecule has 0 atom stereocenters. The van der Waals surface area contributed by atoms with Crippen LogP contribution in [-0.4, -0.2) is 10.2 Å². The Labute approximate surface area is 175 Å². The van der Waals surface area contributed by atoms with Crippen LogP contribution < -0.4 is 0 Å². The summed E-state index contributed by atoms with van der Waals surface area (Å²) in [6.07, 6.45) is 0. The topological polar surface area (TPSA) is 40.5 Å². The summed E-state index contributed by atoms with van der Waals surface area (Å²) >= 11 is 0. The predicted molar refractivity (Wildman–Crippen MR) is 115 cm³/mol. The lowest BCUT2D eigenvalue weighted by Crippen LogP contribution is -2.54. The molecule has 0 aliphatic heterocycles. The molecule has 0 radical (unpaired) electrons. The Hall–Kier alpha value is -3.20. The van der Waals surface area contributed by atoms with E-state index in [2.05, 4.69) is 24.3 Å². The Morgan fingerprint density at radius 2 is 0.633 bits per heavy atom. The van der Waals surface area contributed by atoms with E-state index in [4.69, 9.17) is 0 Å². The molecule has 0 fully saturated rings. The molecule has 10 rings (SSSR count). The maximum atomic E-state index is 12.7. The average molecular weight is 388 g/mol. The van der Waals surface area contributed by atoms with Gasteiger partial charge in [-0.1, -0.05) is 97.1 Å². The van der Waals surface area contributed by atoms with Gasteiger partial charge in [-0.25, -0.2) is 0 Å². The van der Waals surface area contributed by atoms with Crippen LogP contribution in [-0.2, 0) is 11.2 Å². The molecule has 4 aromatic carbocycles. The van der Waals surface area contributed by atoms with Crippen LogP contribution in [0.25, 0.3) is 0 Å². The molecule has 6 aliphatic carbocycles. The smallest absolute Gasteiger partial charge is 0.126 e. The van der Waals surface area contributed by atoms with E-state index < -0.39 is 11.2 Å². The van der Waals surface area contributed by atoms with E-state index in [0.717, 1.165) is 44.5 Å². The molecule has 144 valence electrons. The van der Waals surface area contributed by atoms with Gasteiger partial charge in [0, 0.05) is 11.8 Å². The van der Waals surface area contributed by atoms with Crippen molar-refractivity contribution in [1.82, 2.24) is 0 Å². The average Bonchev–Trinajstić information content (AvgIpc) is 2.80. The van der Waals surface area contributed by atoms with Gasteiger partial charge in [-0.05, 0) is 44.5 Å². The van der Waals surface area contributed by atoms with Crippen molar-refractivity contribution < 1.29 is 10.2 Å². The third-order valence-electron chi connectivity index (χ3n) is 7.57. The summed E-state index contributed by atoms with van der Waals surface area (Å²) in [5.41, 5.74) is 5.12. The first-order valence-corrected chi connectivity index (χ1v) is 10.5. The maximum absolute atomic E-state index is 12.7. The summed E-state index contributed by atoms with van der Waals surface area (Å²) in [5.74, 6) is -0.485. The van der Waals surface area contributed by atoms with Crippen LogP contribution in [0, 0.1) is 0 Å². The van der Waals surface area contributed by atoms with Crippen molar-refractivity contribution in [2.24, 2.45) is 0 Å². The number of hydrogen-bond donors (Lipinski definition) is 2. The van der Waals surface area contributed by atoms with E-state index in [1.54, 1.807) is 0 Å². The summed E-state index contributed by atoms with van der Waals surface area (Å²) in [6, 6.07) is 32.4. The quantitative estimate of drug-likeness (QED) is 0.456. The Balaban J connectivity index is 1.77. The van der Waals surface area contributed by atoms with Gasteiger partial charge in [0.25, 0.3) is 0 Å². The Morgan fingerprint density at radius 3 is 0.900 bits per heavy atom. The van der Waals surface area contributed by atoms with E-state index in [1.807, 2.05) is 72.8 Å². The fraction of sp³-hybridized carbons (Fsp3) is 0.143. The lowest BCUT2D eigenvalue weighted by atomic mass is 9.49. The largest absolute Gasteiger partial charge is 0.379 e. The zero-order valence-corrected chi connectivity index (χ0v) is 16.3. The monoisotopic (exact) mass is 388 g/mol. The van der Waals surface area contributed by atoms with Crippen LogP contribution in [0.1, 0.15) is 56.3 Å². The lowest BCUT2D eigenvalue weighted by molar-refractivity contribution is -0.00182. The molecular weight excluding hydrogens is 368 g/mol. The standard InChI is InChI=1S/C28H20O2/c29-27-21-13-5-7-15-23(21)28(30,24-16-8-6-14-22(24)27)26-18-10-2-1-9-17(18)25(27)19-11-3-4-12-20(19)26/h1-16,25-26,29-30H. The second-order valence-corrected chi connectivity index (χ2v) is 8.75. The fourth-order valence-electron chi connectivity index (χ4n) is 6.52. The first-order valence-electron chi connectivity index (χ1n) is 10.5. The SMILES string of the molecule is OC12c3ccccc3C(O)(c3ccccc31)C1c3ccccc3C2c2ccccc21. The van der Waals surface area contributed by atoms with E-state index in [9.17, 15) is 10.2 Å². The molecular formula is C28H20O2. The van der Waals surface area contributed by atoms with Crippen LogP contribution in [0.15, 0.2) is 97.1 Å². The summed E-state index contributed by atoms with van der Waals surface area (Å²) in [5, 5.41) is 25.4. The van der Waals surface area contributed by atoms with Gasteiger partial charge in [-0.15, -0.1) is 0 Å². The number of hydrogen-bond acceptors (Lipinski definition) is 2. The summed E-state index contributed by atoms with van der Waals surface area (Å²) in [7, 11) is 0. The van der Waals surface area contributed by atoms with Crippen molar-refractivity contribution in [2.75, 3.05) is 0 Å². The molecule has 0 amide bonds. The molecule has 2 nitrogen and oxygen atoms in total. The summed E-state index contributed by atoms with van der Waals surface area (Å²) < 4.78 is 0. The molecule has 30 heavy (non-hydrogen) atoms. The molecule has 2 heteroatoms. The van der Waals surface area contributed by atoms with Crippen molar-refractivity contribution in [3.63, 3.8) is 0 Å². The van der Waals surface area contributed by atoms with Gasteiger partial charge in [-0.2, -0.15) is 0 Å². The molecule has 4 aromatic rings. The number of benzene rings is 4. The van der Waals surface area contributed by atoms with Crippen LogP contribution in [0.3, 0.4) is 0 Å². The minimum Gasteiger partial charge on any atom is -0.379 e. The van der Waals surface area contributed by atoms with Gasteiger partial charge in [0.2, 0.25) is 0 Å². The van der Waals surface area contributed by atoms with Gasteiger partial charge < -0.3 is 10.2 Å². The van der Waals surface area contributed by atoms with E-state index in [1.165, 1.54) is 0 Å². The van der Waals surface area contributed by atoms with Gasteiger partial charge in [-0.3, -0.25) is 0 Å². The fourth-order valence-corrected chi connectivity index (χ4v) is 6.52. The highest BCUT2D eigenvalue weighted by molar-refractivity contribution is 5.70. The predicted octanol–water partition coefficient (Wildman–Crippen LogP) is 4.76. The van der Waals surface area contributed by atoms with Gasteiger partial charge >= 0.3 is 0 Å². The van der Waals surface area contributed by atoms with Gasteiger partial charge in [0.1, 0.15) is 11.2 Å². The molecule has 0 heterocycles. The van der Waals surface area contributed by atoms with E-state index in [-0.39, 0.29) is 11.8 Å². The highest BCUT2D eigenvalue weighted by Crippen LogP contribution is 2.66. The Bertz CT molecular complexity index is 1160. The molecule has 0 aromatic heterocycles. The van der Waals surface area contributed by atoms with E-state index >= 15 is 0 Å². The van der Waals surface area contributed by atoms with Crippen LogP contribution in [0.2, 0.25) is 0 Å². The maximum Gasteiger partial charge on any atom is 0.126 e. The molecule has 0 unspecified atom stereocenters. The second-order valence-electron chi connectivity index (χ2n) is 8.75. The highest BCUT2D eigenvalue weighted by Gasteiger charge is 2.62. The van der Waals surface area contributed by atoms with Crippen LogP contribution >= 0.6 is 0 Å². The van der Waals surface area contributed by atoms with Crippen molar-refractivity contribution in [2.45, 2.75) is 23.0 Å². The number of aliphatic hydroxyl groups is 2.